The smallest absolute Gasteiger partial charge is 0.325 e. The van der Waals surface area contributed by atoms with Gasteiger partial charge in [0.2, 0.25) is 5.91 Å². The van der Waals surface area contributed by atoms with Crippen LogP contribution in [0.1, 0.15) is 38.2 Å². The zero-order chi connectivity index (χ0) is 18.0. The molecule has 0 unspecified atom stereocenters. The molecule has 3 rings (SSSR count). The van der Waals surface area contributed by atoms with E-state index in [0.29, 0.717) is 30.1 Å². The number of likely N-dealkylation sites (tertiary alicyclic amines) is 1. The Bertz CT molecular complexity index is 685. The number of nitrogens with zero attached hydrogens (tertiary/aromatic N) is 2. The fourth-order valence-corrected chi connectivity index (χ4v) is 3.65. The lowest BCUT2D eigenvalue weighted by Gasteiger charge is -2.29. The number of imide groups is 1. The summed E-state index contributed by atoms with van der Waals surface area (Å²) in [5.74, 6) is -0.557. The van der Waals surface area contributed by atoms with Crippen molar-refractivity contribution in [3.05, 3.63) is 34.9 Å². The molecule has 0 aromatic heterocycles. The van der Waals surface area contributed by atoms with Crippen LogP contribution in [0.5, 0.6) is 0 Å². The van der Waals surface area contributed by atoms with Crippen molar-refractivity contribution in [2.75, 3.05) is 19.6 Å². The highest BCUT2D eigenvalue weighted by molar-refractivity contribution is 6.30. The lowest BCUT2D eigenvalue weighted by molar-refractivity contribution is -0.139. The zero-order valence-corrected chi connectivity index (χ0v) is 15.0. The molecule has 0 bridgehead atoms. The van der Waals surface area contributed by atoms with E-state index in [0.717, 1.165) is 24.2 Å². The predicted molar refractivity (Wildman–Crippen MR) is 94.1 cm³/mol. The molecular formula is C18H22ClN3O3. The maximum atomic E-state index is 13.0. The van der Waals surface area contributed by atoms with Crippen LogP contribution in [0.15, 0.2) is 24.3 Å². The second-order valence-corrected chi connectivity index (χ2v) is 6.97. The molecule has 2 fully saturated rings. The molecule has 1 N–H and O–H groups in total. The SMILES string of the molecule is CC[C@]1(c2ccc(Cl)cc2)NC(=O)N(CC(=O)N2CCCCC2)C1=O. The molecule has 2 saturated heterocycles. The van der Waals surface area contributed by atoms with Gasteiger partial charge < -0.3 is 10.2 Å². The zero-order valence-electron chi connectivity index (χ0n) is 14.3. The molecule has 0 aliphatic carbocycles. The lowest BCUT2D eigenvalue weighted by atomic mass is 9.87. The molecule has 6 nitrogen and oxygen atoms in total. The second kappa shape index (κ2) is 7.04. The van der Waals surface area contributed by atoms with Crippen LogP contribution in [0.25, 0.3) is 0 Å². The summed E-state index contributed by atoms with van der Waals surface area (Å²) in [5.41, 5.74) is -0.463. The summed E-state index contributed by atoms with van der Waals surface area (Å²) in [6.45, 7) is 3.01. The number of rotatable bonds is 4. The summed E-state index contributed by atoms with van der Waals surface area (Å²) in [5, 5.41) is 3.34. The predicted octanol–water partition coefficient (Wildman–Crippen LogP) is 2.51. The van der Waals surface area contributed by atoms with Crippen LogP contribution in [-0.2, 0) is 15.1 Å². The summed E-state index contributed by atoms with van der Waals surface area (Å²) in [6, 6.07) is 6.33. The summed E-state index contributed by atoms with van der Waals surface area (Å²) in [7, 11) is 0. The lowest BCUT2D eigenvalue weighted by Crippen LogP contribution is -2.46. The van der Waals surface area contributed by atoms with Gasteiger partial charge in [-0.1, -0.05) is 30.7 Å². The molecule has 2 aliphatic heterocycles. The van der Waals surface area contributed by atoms with Gasteiger partial charge in [0.15, 0.2) is 0 Å². The molecule has 1 aromatic carbocycles. The minimum absolute atomic E-state index is 0.175. The Labute approximate surface area is 152 Å². The van der Waals surface area contributed by atoms with E-state index in [4.69, 9.17) is 11.6 Å². The number of carbonyl (C=O) groups excluding carboxylic acids is 3. The van der Waals surface area contributed by atoms with Crippen LogP contribution >= 0.6 is 11.6 Å². The number of benzene rings is 1. The second-order valence-electron chi connectivity index (χ2n) is 6.53. The molecule has 0 radical (unpaired) electrons. The van der Waals surface area contributed by atoms with Crippen LogP contribution in [0.3, 0.4) is 0 Å². The summed E-state index contributed by atoms with van der Waals surface area (Å²) in [6.07, 6.45) is 3.45. The van der Waals surface area contributed by atoms with E-state index < -0.39 is 11.6 Å². The Morgan fingerprint density at radius 2 is 1.80 bits per heavy atom. The number of hydrogen-bond acceptors (Lipinski definition) is 3. The van der Waals surface area contributed by atoms with Gasteiger partial charge in [0.05, 0.1) is 0 Å². The Morgan fingerprint density at radius 3 is 2.40 bits per heavy atom. The number of hydrogen-bond donors (Lipinski definition) is 1. The van der Waals surface area contributed by atoms with Gasteiger partial charge in [0.1, 0.15) is 12.1 Å². The van der Waals surface area contributed by atoms with E-state index in [2.05, 4.69) is 5.32 Å². The monoisotopic (exact) mass is 363 g/mol. The number of amides is 4. The van der Waals surface area contributed by atoms with Crippen LogP contribution < -0.4 is 5.32 Å². The third-order valence-corrected chi connectivity index (χ3v) is 5.30. The molecule has 1 aromatic rings. The van der Waals surface area contributed by atoms with Crippen LogP contribution in [0, 0.1) is 0 Å². The van der Waals surface area contributed by atoms with Crippen molar-refractivity contribution in [3.63, 3.8) is 0 Å². The molecule has 2 heterocycles. The number of piperidine rings is 1. The van der Waals surface area contributed by atoms with Crippen molar-refractivity contribution in [2.24, 2.45) is 0 Å². The maximum absolute atomic E-state index is 13.0. The Hall–Kier alpha value is -2.08. The van der Waals surface area contributed by atoms with Crippen molar-refractivity contribution in [2.45, 2.75) is 38.1 Å². The fraction of sp³-hybridized carbons (Fsp3) is 0.500. The third-order valence-electron chi connectivity index (χ3n) is 5.05. The molecule has 7 heteroatoms. The molecule has 0 spiro atoms. The van der Waals surface area contributed by atoms with E-state index in [9.17, 15) is 14.4 Å². The minimum atomic E-state index is -1.14. The molecule has 1 atom stereocenters. The van der Waals surface area contributed by atoms with Crippen molar-refractivity contribution < 1.29 is 14.4 Å². The first-order valence-corrected chi connectivity index (χ1v) is 9.03. The highest BCUT2D eigenvalue weighted by atomic mass is 35.5. The number of halogens is 1. The first-order chi connectivity index (χ1) is 12.0. The van der Waals surface area contributed by atoms with E-state index in [-0.39, 0.29) is 18.4 Å². The Morgan fingerprint density at radius 1 is 1.16 bits per heavy atom. The van der Waals surface area contributed by atoms with Gasteiger partial charge in [-0.25, -0.2) is 4.79 Å². The number of urea groups is 1. The Balaban J connectivity index is 1.80. The van der Waals surface area contributed by atoms with E-state index in [1.165, 1.54) is 0 Å². The topological polar surface area (TPSA) is 69.7 Å². The highest BCUT2D eigenvalue weighted by Crippen LogP contribution is 2.33. The van der Waals surface area contributed by atoms with Crippen LogP contribution in [-0.4, -0.2) is 47.3 Å². The average Bonchev–Trinajstić information content (AvgIpc) is 2.88. The van der Waals surface area contributed by atoms with Gasteiger partial charge in [-0.3, -0.25) is 14.5 Å². The Kier molecular flexibility index (Phi) is 4.99. The standard InChI is InChI=1S/C18H22ClN3O3/c1-2-18(13-6-8-14(19)9-7-13)16(24)22(17(25)20-18)12-15(23)21-10-4-3-5-11-21/h6-9H,2-5,10-12H2,1H3,(H,20,25)/t18-/m1/s1. The van der Waals surface area contributed by atoms with Gasteiger partial charge in [0, 0.05) is 18.1 Å². The van der Waals surface area contributed by atoms with Crippen molar-refractivity contribution in [1.82, 2.24) is 15.1 Å². The molecule has 25 heavy (non-hydrogen) atoms. The summed E-state index contributed by atoms with van der Waals surface area (Å²) in [4.78, 5) is 40.7. The normalized spacial score (nSPS) is 23.8. The molecule has 2 aliphatic rings. The van der Waals surface area contributed by atoms with Gasteiger partial charge in [-0.2, -0.15) is 0 Å². The molecular weight excluding hydrogens is 342 g/mol. The van der Waals surface area contributed by atoms with Crippen molar-refractivity contribution in [1.29, 1.82) is 0 Å². The van der Waals surface area contributed by atoms with Crippen molar-refractivity contribution in [3.8, 4) is 0 Å². The van der Waals surface area contributed by atoms with Gasteiger partial charge in [-0.15, -0.1) is 0 Å². The largest absolute Gasteiger partial charge is 0.341 e. The van der Waals surface area contributed by atoms with E-state index >= 15 is 0 Å². The van der Waals surface area contributed by atoms with Crippen molar-refractivity contribution >= 4 is 29.4 Å². The van der Waals surface area contributed by atoms with E-state index in [1.807, 2.05) is 6.92 Å². The minimum Gasteiger partial charge on any atom is -0.341 e. The first kappa shape index (κ1) is 17.7. The van der Waals surface area contributed by atoms with Crippen LogP contribution in [0.2, 0.25) is 5.02 Å². The molecule has 134 valence electrons. The van der Waals surface area contributed by atoms with Gasteiger partial charge in [-0.05, 0) is 43.4 Å². The van der Waals surface area contributed by atoms with Gasteiger partial charge in [0.25, 0.3) is 5.91 Å². The van der Waals surface area contributed by atoms with Gasteiger partial charge >= 0.3 is 6.03 Å². The highest BCUT2D eigenvalue weighted by Gasteiger charge is 2.51. The average molecular weight is 364 g/mol. The summed E-state index contributed by atoms with van der Waals surface area (Å²) < 4.78 is 0. The maximum Gasteiger partial charge on any atom is 0.325 e. The fourth-order valence-electron chi connectivity index (χ4n) is 3.52. The number of nitrogens with one attached hydrogen (secondary N) is 1. The van der Waals surface area contributed by atoms with E-state index in [1.54, 1.807) is 29.2 Å². The third kappa shape index (κ3) is 3.23. The molecule has 0 saturated carbocycles. The van der Waals surface area contributed by atoms with Crippen LogP contribution in [0.4, 0.5) is 4.79 Å². The first-order valence-electron chi connectivity index (χ1n) is 8.66. The summed E-state index contributed by atoms with van der Waals surface area (Å²) >= 11 is 5.92. The quantitative estimate of drug-likeness (QED) is 0.835. The number of carbonyl (C=O) groups is 3. The molecule has 4 amide bonds.